The maximum absolute atomic E-state index is 12.9. The van der Waals surface area contributed by atoms with Crippen molar-refractivity contribution in [1.82, 2.24) is 10.3 Å². The van der Waals surface area contributed by atoms with Gasteiger partial charge in [0.25, 0.3) is 5.91 Å². The molecule has 4 aromatic carbocycles. The standard InChI is InChI=1S/C27H20BrN3O3S/c1-2-15-9-12-24-22(13-15)30-26(34-24)20-14-16(10-11-23(20)32)29-27(35)31-25(33)19-7-3-6-18-17(19)5-4-8-21(18)28/h3-14,32H,2H2,1H3,(H2,29,31,33,35). The van der Waals surface area contributed by atoms with Crippen molar-refractivity contribution in [2.75, 3.05) is 5.32 Å². The van der Waals surface area contributed by atoms with E-state index in [4.69, 9.17) is 16.6 Å². The highest BCUT2D eigenvalue weighted by atomic mass is 79.9. The van der Waals surface area contributed by atoms with Gasteiger partial charge in [0.05, 0.1) is 5.56 Å². The van der Waals surface area contributed by atoms with Crippen LogP contribution in [0.3, 0.4) is 0 Å². The lowest BCUT2D eigenvalue weighted by Gasteiger charge is -2.12. The van der Waals surface area contributed by atoms with Gasteiger partial charge in [0, 0.05) is 15.7 Å². The van der Waals surface area contributed by atoms with Gasteiger partial charge in [0.2, 0.25) is 5.89 Å². The first-order valence-electron chi connectivity index (χ1n) is 11.0. The van der Waals surface area contributed by atoms with Crippen molar-refractivity contribution >= 4 is 66.7 Å². The summed E-state index contributed by atoms with van der Waals surface area (Å²) in [5.74, 6) is -0.00400. The van der Waals surface area contributed by atoms with Crippen LogP contribution in [0.2, 0.25) is 0 Å². The number of anilines is 1. The van der Waals surface area contributed by atoms with Crippen LogP contribution in [-0.2, 0) is 6.42 Å². The zero-order chi connectivity index (χ0) is 24.5. The van der Waals surface area contributed by atoms with E-state index in [9.17, 15) is 9.90 Å². The second-order valence-corrected chi connectivity index (χ2v) is 9.22. The fourth-order valence-corrected chi connectivity index (χ4v) is 4.60. The fraction of sp³-hybridized carbons (Fsp3) is 0.0741. The Labute approximate surface area is 215 Å². The lowest BCUT2D eigenvalue weighted by molar-refractivity contribution is 0.0979. The van der Waals surface area contributed by atoms with E-state index < -0.39 is 0 Å². The van der Waals surface area contributed by atoms with Crippen molar-refractivity contribution in [3.8, 4) is 17.2 Å². The molecule has 0 aliphatic carbocycles. The summed E-state index contributed by atoms with van der Waals surface area (Å²) < 4.78 is 6.77. The number of aromatic hydroxyl groups is 1. The molecule has 0 radical (unpaired) electrons. The number of benzene rings is 4. The van der Waals surface area contributed by atoms with Crippen molar-refractivity contribution in [3.63, 3.8) is 0 Å². The average Bonchev–Trinajstić information content (AvgIpc) is 3.28. The second kappa shape index (κ2) is 9.48. The molecular weight excluding hydrogens is 526 g/mol. The van der Waals surface area contributed by atoms with Crippen LogP contribution in [0.4, 0.5) is 5.69 Å². The molecule has 35 heavy (non-hydrogen) atoms. The Kier molecular flexibility index (Phi) is 6.23. The van der Waals surface area contributed by atoms with Gasteiger partial charge in [-0.3, -0.25) is 10.1 Å². The van der Waals surface area contributed by atoms with E-state index in [-0.39, 0.29) is 16.8 Å². The number of aromatic nitrogens is 1. The number of phenolic OH excluding ortho intramolecular Hbond substituents is 1. The van der Waals surface area contributed by atoms with Crippen molar-refractivity contribution in [3.05, 3.63) is 88.4 Å². The van der Waals surface area contributed by atoms with E-state index in [0.717, 1.165) is 32.7 Å². The van der Waals surface area contributed by atoms with Crippen LogP contribution in [0, 0.1) is 0 Å². The zero-order valence-electron chi connectivity index (χ0n) is 18.6. The molecule has 1 heterocycles. The van der Waals surface area contributed by atoms with Gasteiger partial charge in [-0.1, -0.05) is 53.2 Å². The maximum Gasteiger partial charge on any atom is 0.258 e. The van der Waals surface area contributed by atoms with E-state index >= 15 is 0 Å². The number of fused-ring (bicyclic) bond motifs is 2. The largest absolute Gasteiger partial charge is 0.507 e. The quantitative estimate of drug-likeness (QED) is 0.170. The fourth-order valence-electron chi connectivity index (χ4n) is 3.90. The summed E-state index contributed by atoms with van der Waals surface area (Å²) in [7, 11) is 0. The van der Waals surface area contributed by atoms with Crippen molar-refractivity contribution in [2.45, 2.75) is 13.3 Å². The second-order valence-electron chi connectivity index (χ2n) is 7.96. The lowest BCUT2D eigenvalue weighted by atomic mass is 10.0. The summed E-state index contributed by atoms with van der Waals surface area (Å²) in [4.78, 5) is 17.5. The molecule has 0 atom stereocenters. The molecule has 0 aliphatic heterocycles. The predicted molar refractivity (Wildman–Crippen MR) is 146 cm³/mol. The molecule has 5 rings (SSSR count). The normalized spacial score (nSPS) is 11.0. The van der Waals surface area contributed by atoms with E-state index in [1.807, 2.05) is 48.5 Å². The van der Waals surface area contributed by atoms with Crippen LogP contribution < -0.4 is 10.6 Å². The van der Waals surface area contributed by atoms with Crippen molar-refractivity contribution in [1.29, 1.82) is 0 Å². The van der Waals surface area contributed by atoms with Gasteiger partial charge in [-0.05, 0) is 77.4 Å². The van der Waals surface area contributed by atoms with Crippen LogP contribution in [0.25, 0.3) is 33.3 Å². The van der Waals surface area contributed by atoms with Gasteiger partial charge in [0.15, 0.2) is 10.7 Å². The number of aryl methyl sites for hydroxylation is 1. The lowest BCUT2D eigenvalue weighted by Crippen LogP contribution is -2.34. The molecule has 0 saturated carbocycles. The number of halogens is 1. The molecule has 3 N–H and O–H groups in total. The van der Waals surface area contributed by atoms with Gasteiger partial charge in [-0.15, -0.1) is 0 Å². The van der Waals surface area contributed by atoms with Gasteiger partial charge in [-0.25, -0.2) is 4.98 Å². The third-order valence-electron chi connectivity index (χ3n) is 5.69. The van der Waals surface area contributed by atoms with E-state index in [0.29, 0.717) is 28.3 Å². The molecule has 0 unspecified atom stereocenters. The van der Waals surface area contributed by atoms with Gasteiger partial charge in [-0.2, -0.15) is 0 Å². The highest BCUT2D eigenvalue weighted by Gasteiger charge is 2.16. The summed E-state index contributed by atoms with van der Waals surface area (Å²) in [5.41, 5.74) is 4.01. The van der Waals surface area contributed by atoms with Crippen LogP contribution in [0.1, 0.15) is 22.8 Å². The minimum atomic E-state index is -0.323. The molecule has 1 aromatic heterocycles. The highest BCUT2D eigenvalue weighted by molar-refractivity contribution is 9.10. The van der Waals surface area contributed by atoms with E-state index in [2.05, 4.69) is 38.5 Å². The van der Waals surface area contributed by atoms with Gasteiger partial charge in [0.1, 0.15) is 11.3 Å². The van der Waals surface area contributed by atoms with Crippen LogP contribution in [0.15, 0.2) is 81.7 Å². The molecule has 5 aromatic rings. The van der Waals surface area contributed by atoms with Crippen LogP contribution in [-0.4, -0.2) is 21.1 Å². The Morgan fingerprint density at radius 3 is 2.69 bits per heavy atom. The minimum Gasteiger partial charge on any atom is -0.507 e. The van der Waals surface area contributed by atoms with Gasteiger partial charge >= 0.3 is 0 Å². The van der Waals surface area contributed by atoms with Crippen LogP contribution in [0.5, 0.6) is 5.75 Å². The molecule has 1 amide bonds. The molecule has 0 fully saturated rings. The van der Waals surface area contributed by atoms with Gasteiger partial charge < -0.3 is 14.8 Å². The maximum atomic E-state index is 12.9. The Hall–Kier alpha value is -3.75. The number of amides is 1. The highest BCUT2D eigenvalue weighted by Crippen LogP contribution is 2.33. The molecule has 0 saturated heterocycles. The van der Waals surface area contributed by atoms with Crippen molar-refractivity contribution < 1.29 is 14.3 Å². The topological polar surface area (TPSA) is 87.4 Å². The molecule has 8 heteroatoms. The molecule has 6 nitrogen and oxygen atoms in total. The number of hydrogen-bond donors (Lipinski definition) is 3. The summed E-state index contributed by atoms with van der Waals surface area (Å²) in [6, 6.07) is 21.9. The summed E-state index contributed by atoms with van der Waals surface area (Å²) in [6.45, 7) is 2.07. The summed E-state index contributed by atoms with van der Waals surface area (Å²) >= 11 is 8.90. The zero-order valence-corrected chi connectivity index (χ0v) is 21.0. The first kappa shape index (κ1) is 23.0. The number of hydrogen-bond acceptors (Lipinski definition) is 5. The number of rotatable bonds is 4. The minimum absolute atomic E-state index is 0.0223. The number of oxazole rings is 1. The first-order chi connectivity index (χ1) is 16.9. The molecule has 0 bridgehead atoms. The first-order valence-corrected chi connectivity index (χ1v) is 12.2. The Bertz CT molecular complexity index is 1610. The average molecular weight is 546 g/mol. The third kappa shape index (κ3) is 4.62. The van der Waals surface area contributed by atoms with Crippen molar-refractivity contribution in [2.24, 2.45) is 0 Å². The monoisotopic (exact) mass is 545 g/mol. The number of carbonyl (C=O) groups excluding carboxylic acids is 1. The summed E-state index contributed by atoms with van der Waals surface area (Å²) in [6.07, 6.45) is 0.891. The molecule has 0 spiro atoms. The van der Waals surface area contributed by atoms with Crippen LogP contribution >= 0.6 is 28.1 Å². The molecular formula is C27H20BrN3O3S. The van der Waals surface area contributed by atoms with E-state index in [1.54, 1.807) is 18.2 Å². The number of nitrogens with one attached hydrogen (secondary N) is 2. The Balaban J connectivity index is 1.37. The predicted octanol–water partition coefficient (Wildman–Crippen LogP) is 6.81. The Morgan fingerprint density at radius 2 is 1.86 bits per heavy atom. The van der Waals surface area contributed by atoms with E-state index in [1.165, 1.54) is 6.07 Å². The Morgan fingerprint density at radius 1 is 1.06 bits per heavy atom. The number of phenols is 1. The number of carbonyl (C=O) groups is 1. The molecule has 174 valence electrons. The number of thiocarbonyl (C=S) groups is 1. The third-order valence-corrected chi connectivity index (χ3v) is 6.58. The summed E-state index contributed by atoms with van der Waals surface area (Å²) in [5, 5.41) is 18.0. The smallest absolute Gasteiger partial charge is 0.258 e. The number of nitrogens with zero attached hydrogens (tertiary/aromatic N) is 1. The SMILES string of the molecule is CCc1ccc2oc(-c3cc(NC(=S)NC(=O)c4cccc5c(Br)cccc45)ccc3O)nc2c1. The molecule has 0 aliphatic rings.